The number of fused-ring (bicyclic) bond motifs is 2. The molecule has 0 unspecified atom stereocenters. The van der Waals surface area contributed by atoms with Gasteiger partial charge in [-0.25, -0.2) is 13.8 Å². The molecular formula is C25H19ClFN3O4. The second kappa shape index (κ2) is 8.72. The molecule has 0 fully saturated rings. The number of ether oxygens (including phenoxy) is 2. The van der Waals surface area contributed by atoms with E-state index in [1.165, 1.54) is 34.7 Å². The van der Waals surface area contributed by atoms with Crippen LogP contribution in [0.3, 0.4) is 0 Å². The molecule has 172 valence electrons. The summed E-state index contributed by atoms with van der Waals surface area (Å²) >= 11 is 5.83. The number of aromatic nitrogens is 2. The van der Waals surface area contributed by atoms with Gasteiger partial charge in [-0.1, -0.05) is 41.9 Å². The maximum atomic E-state index is 13.5. The van der Waals surface area contributed by atoms with Gasteiger partial charge in [0.15, 0.2) is 11.5 Å². The minimum absolute atomic E-state index is 0.107. The number of para-hydroxylation sites is 2. The van der Waals surface area contributed by atoms with Gasteiger partial charge in [0.2, 0.25) is 11.8 Å². The summed E-state index contributed by atoms with van der Waals surface area (Å²) < 4.78 is 28.0. The van der Waals surface area contributed by atoms with Gasteiger partial charge >= 0.3 is 0 Å². The van der Waals surface area contributed by atoms with Gasteiger partial charge in [-0.05, 0) is 36.4 Å². The lowest BCUT2D eigenvalue weighted by molar-refractivity contribution is -0.117. The predicted molar refractivity (Wildman–Crippen MR) is 126 cm³/mol. The largest absolute Gasteiger partial charge is 0.493 e. The van der Waals surface area contributed by atoms with Gasteiger partial charge < -0.3 is 14.8 Å². The molecule has 1 aromatic heterocycles. The first kappa shape index (κ1) is 21.8. The number of methoxy groups -OCH3 is 1. The summed E-state index contributed by atoms with van der Waals surface area (Å²) in [5.74, 6) is 0.262. The smallest absolute Gasteiger partial charge is 0.278 e. The molecule has 1 aliphatic heterocycles. The van der Waals surface area contributed by atoms with Crippen molar-refractivity contribution in [2.45, 2.75) is 13.0 Å². The summed E-state index contributed by atoms with van der Waals surface area (Å²) in [6.45, 7) is -0.237. The molecule has 0 radical (unpaired) electrons. The summed E-state index contributed by atoms with van der Waals surface area (Å²) in [5, 5.41) is 2.58. The summed E-state index contributed by atoms with van der Waals surface area (Å²) in [5.41, 5.74) is 1.87. The van der Waals surface area contributed by atoms with Crippen LogP contribution in [0.25, 0.3) is 5.69 Å². The number of benzene rings is 3. The number of carbonyl (C=O) groups excluding carboxylic acids is 1. The molecule has 0 spiro atoms. The van der Waals surface area contributed by atoms with Crippen LogP contribution in [-0.4, -0.2) is 22.4 Å². The number of anilines is 1. The normalized spacial score (nSPS) is 11.9. The molecule has 1 aliphatic rings. The molecule has 3 aromatic carbocycles. The molecule has 0 aliphatic carbocycles. The Morgan fingerprint density at radius 1 is 1.15 bits per heavy atom. The number of hydrogen-bond donors (Lipinski definition) is 1. The van der Waals surface area contributed by atoms with E-state index in [1.54, 1.807) is 30.3 Å². The number of carbonyl (C=O) groups is 1. The quantitative estimate of drug-likeness (QED) is 0.394. The van der Waals surface area contributed by atoms with Gasteiger partial charge in [-0.3, -0.25) is 9.59 Å². The summed E-state index contributed by atoms with van der Waals surface area (Å²) in [6, 6.07) is 18.4. The molecule has 0 bridgehead atoms. The summed E-state index contributed by atoms with van der Waals surface area (Å²) in [4.78, 5) is 26.4. The molecule has 2 heterocycles. The second-order valence-corrected chi connectivity index (χ2v) is 8.11. The van der Waals surface area contributed by atoms with Gasteiger partial charge in [0.05, 0.1) is 23.4 Å². The molecule has 7 nitrogen and oxygen atoms in total. The topological polar surface area (TPSA) is 74.5 Å². The van der Waals surface area contributed by atoms with E-state index >= 15 is 0 Å². The van der Waals surface area contributed by atoms with E-state index in [1.807, 2.05) is 18.2 Å². The van der Waals surface area contributed by atoms with Crippen LogP contribution in [0.1, 0.15) is 11.1 Å². The molecule has 0 saturated heterocycles. The Bertz CT molecular complexity index is 1460. The first-order valence-electron chi connectivity index (χ1n) is 10.4. The van der Waals surface area contributed by atoms with E-state index < -0.39 is 11.7 Å². The standard InChI is InChI=1S/C25H19ClFN3O4/c1-33-21-9-5-6-15-12-18-24(32)30(17-7-3-2-4-8-17)29(25(18)34-23(15)21)14-22(31)28-16-10-11-20(27)19(26)13-16/h2-11,13H,12,14H2,1H3,(H,28,31). The Balaban J connectivity index is 1.58. The Morgan fingerprint density at radius 2 is 1.94 bits per heavy atom. The Hall–Kier alpha value is -4.04. The minimum atomic E-state index is -0.585. The number of amides is 1. The third-order valence-electron chi connectivity index (χ3n) is 5.53. The van der Waals surface area contributed by atoms with Gasteiger partial charge in [-0.15, -0.1) is 0 Å². The van der Waals surface area contributed by atoms with Crippen molar-refractivity contribution in [3.8, 4) is 23.1 Å². The Morgan fingerprint density at radius 3 is 2.68 bits per heavy atom. The zero-order valence-corrected chi connectivity index (χ0v) is 18.8. The van der Waals surface area contributed by atoms with Crippen LogP contribution in [0.4, 0.5) is 10.1 Å². The van der Waals surface area contributed by atoms with Crippen molar-refractivity contribution in [1.29, 1.82) is 0 Å². The zero-order chi connectivity index (χ0) is 23.8. The van der Waals surface area contributed by atoms with Gasteiger partial charge in [0, 0.05) is 17.7 Å². The minimum Gasteiger partial charge on any atom is -0.493 e. The van der Waals surface area contributed by atoms with Crippen molar-refractivity contribution >= 4 is 23.2 Å². The lowest BCUT2D eigenvalue weighted by Crippen LogP contribution is -2.27. The van der Waals surface area contributed by atoms with Crippen LogP contribution >= 0.6 is 11.6 Å². The van der Waals surface area contributed by atoms with Crippen molar-refractivity contribution in [1.82, 2.24) is 9.36 Å². The van der Waals surface area contributed by atoms with Gasteiger partial charge in [-0.2, -0.15) is 0 Å². The number of nitrogens with one attached hydrogen (secondary N) is 1. The zero-order valence-electron chi connectivity index (χ0n) is 18.0. The SMILES string of the molecule is COc1cccc2c1Oc1c(c(=O)n(-c3ccccc3)n1CC(=O)Nc1ccc(F)c(Cl)c1)C2. The summed E-state index contributed by atoms with van der Waals surface area (Å²) in [7, 11) is 1.54. The maximum Gasteiger partial charge on any atom is 0.278 e. The number of halogens is 2. The lowest BCUT2D eigenvalue weighted by Gasteiger charge is -2.21. The molecular weight excluding hydrogens is 461 g/mol. The Labute approximate surface area is 198 Å². The van der Waals surface area contributed by atoms with Crippen LogP contribution in [0, 0.1) is 5.82 Å². The average Bonchev–Trinajstić information content (AvgIpc) is 3.10. The molecule has 4 aromatic rings. The van der Waals surface area contributed by atoms with Crippen molar-refractivity contribution in [3.05, 3.63) is 99.1 Å². The highest BCUT2D eigenvalue weighted by Gasteiger charge is 2.30. The van der Waals surface area contributed by atoms with Crippen LogP contribution < -0.4 is 20.3 Å². The van der Waals surface area contributed by atoms with Crippen LogP contribution in [0.15, 0.2) is 71.5 Å². The van der Waals surface area contributed by atoms with Gasteiger partial charge in [0.1, 0.15) is 12.4 Å². The highest BCUT2D eigenvalue weighted by Crippen LogP contribution is 2.41. The highest BCUT2D eigenvalue weighted by atomic mass is 35.5. The van der Waals surface area contributed by atoms with Gasteiger partial charge in [0.25, 0.3) is 5.56 Å². The molecule has 9 heteroatoms. The fourth-order valence-corrected chi connectivity index (χ4v) is 4.16. The number of nitrogens with zero attached hydrogens (tertiary/aromatic N) is 2. The van der Waals surface area contributed by atoms with E-state index in [9.17, 15) is 14.0 Å². The van der Waals surface area contributed by atoms with E-state index in [0.29, 0.717) is 34.9 Å². The monoisotopic (exact) mass is 479 g/mol. The second-order valence-electron chi connectivity index (χ2n) is 7.70. The van der Waals surface area contributed by atoms with Crippen molar-refractivity contribution in [3.63, 3.8) is 0 Å². The third-order valence-corrected chi connectivity index (χ3v) is 5.82. The summed E-state index contributed by atoms with van der Waals surface area (Å²) in [6.07, 6.45) is 0.329. The first-order chi connectivity index (χ1) is 16.5. The van der Waals surface area contributed by atoms with Crippen LogP contribution in [0.2, 0.25) is 5.02 Å². The van der Waals surface area contributed by atoms with Crippen molar-refractivity contribution < 1.29 is 18.7 Å². The molecule has 0 saturated carbocycles. The van der Waals surface area contributed by atoms with E-state index in [4.69, 9.17) is 21.1 Å². The maximum absolute atomic E-state index is 13.5. The number of hydrogen-bond acceptors (Lipinski definition) is 4. The van der Waals surface area contributed by atoms with Crippen LogP contribution in [-0.2, 0) is 17.8 Å². The molecule has 1 N–H and O–H groups in total. The van der Waals surface area contributed by atoms with Crippen molar-refractivity contribution in [2.24, 2.45) is 0 Å². The lowest BCUT2D eigenvalue weighted by atomic mass is 10.0. The van der Waals surface area contributed by atoms with Crippen LogP contribution in [0.5, 0.6) is 17.4 Å². The number of rotatable bonds is 5. The molecule has 5 rings (SSSR count). The van der Waals surface area contributed by atoms with E-state index in [-0.39, 0.29) is 23.0 Å². The third kappa shape index (κ3) is 3.82. The predicted octanol–water partition coefficient (Wildman–Crippen LogP) is 4.78. The van der Waals surface area contributed by atoms with E-state index in [2.05, 4.69) is 5.32 Å². The van der Waals surface area contributed by atoms with Crippen molar-refractivity contribution in [2.75, 3.05) is 12.4 Å². The molecule has 34 heavy (non-hydrogen) atoms. The fourth-order valence-electron chi connectivity index (χ4n) is 3.98. The van der Waals surface area contributed by atoms with E-state index in [0.717, 1.165) is 5.56 Å². The Kier molecular flexibility index (Phi) is 5.59. The highest BCUT2D eigenvalue weighted by molar-refractivity contribution is 6.31. The fraction of sp³-hybridized carbons (Fsp3) is 0.120. The first-order valence-corrected chi connectivity index (χ1v) is 10.8. The average molecular weight is 480 g/mol. The molecule has 0 atom stereocenters. The molecule has 1 amide bonds.